The number of rotatable bonds is 6. The molecule has 0 bridgehead atoms. The summed E-state index contributed by atoms with van der Waals surface area (Å²) in [6.07, 6.45) is -4.97. The molecule has 1 amide bonds. The average molecular weight is 396 g/mol. The van der Waals surface area contributed by atoms with Crippen molar-refractivity contribution in [1.82, 2.24) is 4.90 Å². The zero-order chi connectivity index (χ0) is 20.1. The van der Waals surface area contributed by atoms with Crippen LogP contribution in [-0.2, 0) is 4.79 Å². The largest absolute Gasteiger partial charge is 0.573 e. The Hall–Kier alpha value is -2.94. The third-order valence-corrected chi connectivity index (χ3v) is 3.87. The van der Waals surface area contributed by atoms with Crippen LogP contribution in [0.2, 0.25) is 0 Å². The fourth-order valence-electron chi connectivity index (χ4n) is 2.75. The summed E-state index contributed by atoms with van der Waals surface area (Å²) in [5.74, 6) is 0.705. The number of carbonyl (C=O) groups excluding carboxylic acids is 1. The molecule has 28 heavy (non-hydrogen) atoms. The lowest BCUT2D eigenvalue weighted by molar-refractivity contribution is -0.274. The van der Waals surface area contributed by atoms with Crippen LogP contribution < -0.4 is 19.5 Å². The van der Waals surface area contributed by atoms with Crippen molar-refractivity contribution in [3.05, 3.63) is 48.5 Å². The third-order valence-electron chi connectivity index (χ3n) is 3.87. The molecule has 0 fully saturated rings. The van der Waals surface area contributed by atoms with Crippen molar-refractivity contribution >= 4 is 11.6 Å². The highest BCUT2D eigenvalue weighted by atomic mass is 19.4. The molecular weight excluding hydrogens is 377 g/mol. The van der Waals surface area contributed by atoms with Crippen LogP contribution >= 0.6 is 0 Å². The molecule has 0 spiro atoms. The Morgan fingerprint density at radius 2 is 1.86 bits per heavy atom. The number of alkyl halides is 3. The van der Waals surface area contributed by atoms with E-state index in [2.05, 4.69) is 10.1 Å². The first-order valence-corrected chi connectivity index (χ1v) is 8.51. The van der Waals surface area contributed by atoms with Crippen molar-refractivity contribution in [2.24, 2.45) is 0 Å². The first kappa shape index (κ1) is 19.8. The molecule has 3 rings (SSSR count). The molecule has 2 aromatic rings. The van der Waals surface area contributed by atoms with E-state index in [1.54, 1.807) is 11.9 Å². The molecule has 9 heteroatoms. The van der Waals surface area contributed by atoms with Crippen molar-refractivity contribution in [2.75, 3.05) is 32.1 Å². The summed E-state index contributed by atoms with van der Waals surface area (Å²) < 4.78 is 51.7. The molecule has 1 atom stereocenters. The molecule has 150 valence electrons. The molecule has 2 aromatic carbocycles. The van der Waals surface area contributed by atoms with Crippen LogP contribution in [0.1, 0.15) is 0 Å². The Bertz CT molecular complexity index is 812. The van der Waals surface area contributed by atoms with Crippen LogP contribution in [0.15, 0.2) is 48.5 Å². The highest BCUT2D eigenvalue weighted by Crippen LogP contribution is 2.31. The predicted molar refractivity (Wildman–Crippen MR) is 95.6 cm³/mol. The number of fused-ring (bicyclic) bond motifs is 1. The molecule has 0 aromatic heterocycles. The van der Waals surface area contributed by atoms with Gasteiger partial charge in [0.1, 0.15) is 18.5 Å². The van der Waals surface area contributed by atoms with Crippen LogP contribution in [0.5, 0.6) is 17.2 Å². The number of benzene rings is 2. The van der Waals surface area contributed by atoms with Gasteiger partial charge in [-0.2, -0.15) is 0 Å². The molecule has 1 N–H and O–H groups in total. The van der Waals surface area contributed by atoms with E-state index in [0.29, 0.717) is 30.3 Å². The SMILES string of the molecule is CN(CC(=O)Nc1ccc(OC(F)(F)F)cc1)CC1COc2ccccc2O1. The molecular formula is C19H19F3N2O4. The highest BCUT2D eigenvalue weighted by Gasteiger charge is 2.31. The van der Waals surface area contributed by atoms with E-state index in [1.807, 2.05) is 24.3 Å². The Labute approximate surface area is 159 Å². The topological polar surface area (TPSA) is 60.0 Å². The number of nitrogens with zero attached hydrogens (tertiary/aromatic N) is 1. The molecule has 0 saturated carbocycles. The van der Waals surface area contributed by atoms with E-state index >= 15 is 0 Å². The van der Waals surface area contributed by atoms with Crippen molar-refractivity contribution < 1.29 is 32.2 Å². The van der Waals surface area contributed by atoms with E-state index in [1.165, 1.54) is 12.1 Å². The lowest BCUT2D eigenvalue weighted by Crippen LogP contribution is -2.42. The Balaban J connectivity index is 1.46. The first-order chi connectivity index (χ1) is 13.3. The van der Waals surface area contributed by atoms with Gasteiger partial charge in [0.2, 0.25) is 5.91 Å². The maximum atomic E-state index is 12.2. The maximum Gasteiger partial charge on any atom is 0.573 e. The molecule has 0 saturated heterocycles. The Kier molecular flexibility index (Phi) is 5.93. The van der Waals surface area contributed by atoms with E-state index in [0.717, 1.165) is 12.1 Å². The van der Waals surface area contributed by atoms with Gasteiger partial charge in [0.15, 0.2) is 11.5 Å². The molecule has 1 aliphatic rings. The minimum absolute atomic E-state index is 0.0856. The molecule has 0 aliphatic carbocycles. The molecule has 6 nitrogen and oxygen atoms in total. The van der Waals surface area contributed by atoms with Crippen LogP contribution in [0.25, 0.3) is 0 Å². The van der Waals surface area contributed by atoms with Gasteiger partial charge in [-0.25, -0.2) is 0 Å². The fraction of sp³-hybridized carbons (Fsp3) is 0.316. The second-order valence-electron chi connectivity index (χ2n) is 6.31. The van der Waals surface area contributed by atoms with Gasteiger partial charge < -0.3 is 19.5 Å². The smallest absolute Gasteiger partial charge is 0.486 e. The Morgan fingerprint density at radius 3 is 2.54 bits per heavy atom. The summed E-state index contributed by atoms with van der Waals surface area (Å²) in [7, 11) is 1.77. The van der Waals surface area contributed by atoms with Gasteiger partial charge in [-0.15, -0.1) is 13.2 Å². The van der Waals surface area contributed by atoms with Crippen LogP contribution in [-0.4, -0.2) is 50.0 Å². The number of carbonyl (C=O) groups is 1. The van der Waals surface area contributed by atoms with Crippen LogP contribution in [0.4, 0.5) is 18.9 Å². The lowest BCUT2D eigenvalue weighted by Gasteiger charge is -2.29. The summed E-state index contributed by atoms with van der Waals surface area (Å²) in [5, 5.41) is 2.63. The second-order valence-corrected chi connectivity index (χ2v) is 6.31. The van der Waals surface area contributed by atoms with Gasteiger partial charge in [0, 0.05) is 12.2 Å². The normalized spacial score (nSPS) is 16.0. The zero-order valence-electron chi connectivity index (χ0n) is 15.0. The van der Waals surface area contributed by atoms with Crippen LogP contribution in [0.3, 0.4) is 0 Å². The van der Waals surface area contributed by atoms with Crippen molar-refractivity contribution in [3.8, 4) is 17.2 Å². The van der Waals surface area contributed by atoms with Crippen LogP contribution in [0, 0.1) is 0 Å². The summed E-state index contributed by atoms with van der Waals surface area (Å²) in [4.78, 5) is 13.9. The summed E-state index contributed by atoms with van der Waals surface area (Å²) in [6.45, 7) is 0.937. The van der Waals surface area contributed by atoms with Gasteiger partial charge in [0.25, 0.3) is 0 Å². The third kappa shape index (κ3) is 5.78. The molecule has 1 heterocycles. The second kappa shape index (κ2) is 8.39. The number of halogens is 3. The van der Waals surface area contributed by atoms with Gasteiger partial charge in [0.05, 0.1) is 6.54 Å². The van der Waals surface area contributed by atoms with E-state index in [-0.39, 0.29) is 24.3 Å². The monoisotopic (exact) mass is 396 g/mol. The summed E-state index contributed by atoms with van der Waals surface area (Å²) >= 11 is 0. The van der Waals surface area contributed by atoms with Crippen molar-refractivity contribution in [2.45, 2.75) is 12.5 Å². The number of hydrogen-bond donors (Lipinski definition) is 1. The molecule has 1 unspecified atom stereocenters. The minimum Gasteiger partial charge on any atom is -0.486 e. The Morgan fingerprint density at radius 1 is 1.18 bits per heavy atom. The van der Waals surface area contributed by atoms with E-state index < -0.39 is 6.36 Å². The lowest BCUT2D eigenvalue weighted by atomic mass is 10.2. The number of hydrogen-bond acceptors (Lipinski definition) is 5. The minimum atomic E-state index is -4.75. The quantitative estimate of drug-likeness (QED) is 0.812. The van der Waals surface area contributed by atoms with Gasteiger partial charge >= 0.3 is 6.36 Å². The number of anilines is 1. The average Bonchev–Trinajstić information content (AvgIpc) is 2.62. The molecule has 1 aliphatic heterocycles. The predicted octanol–water partition coefficient (Wildman–Crippen LogP) is 3.30. The maximum absolute atomic E-state index is 12.2. The molecule has 0 radical (unpaired) electrons. The highest BCUT2D eigenvalue weighted by molar-refractivity contribution is 5.92. The fourth-order valence-corrected chi connectivity index (χ4v) is 2.75. The number of para-hydroxylation sites is 2. The van der Waals surface area contributed by atoms with Gasteiger partial charge in [-0.05, 0) is 43.4 Å². The number of likely N-dealkylation sites (N-methyl/N-ethyl adjacent to an activating group) is 1. The van der Waals surface area contributed by atoms with E-state index in [9.17, 15) is 18.0 Å². The van der Waals surface area contributed by atoms with E-state index in [4.69, 9.17) is 9.47 Å². The van der Waals surface area contributed by atoms with Gasteiger partial charge in [-0.3, -0.25) is 9.69 Å². The summed E-state index contributed by atoms with van der Waals surface area (Å²) in [6, 6.07) is 12.3. The van der Waals surface area contributed by atoms with Crippen molar-refractivity contribution in [1.29, 1.82) is 0 Å². The first-order valence-electron chi connectivity index (χ1n) is 8.51. The van der Waals surface area contributed by atoms with Crippen molar-refractivity contribution in [3.63, 3.8) is 0 Å². The van der Waals surface area contributed by atoms with Gasteiger partial charge in [-0.1, -0.05) is 12.1 Å². The zero-order valence-corrected chi connectivity index (χ0v) is 15.0. The summed E-state index contributed by atoms with van der Waals surface area (Å²) in [5.41, 5.74) is 0.374. The standard InChI is InChI=1S/C19H19F3N2O4/c1-24(10-15-12-26-16-4-2-3-5-17(16)27-15)11-18(25)23-13-6-8-14(9-7-13)28-19(20,21)22/h2-9,15H,10-12H2,1H3,(H,23,25). The number of nitrogens with one attached hydrogen (secondary N) is 1. The number of amides is 1. The number of ether oxygens (including phenoxy) is 3.